The largest absolute Gasteiger partial charge is 0.324 e. The third kappa shape index (κ3) is 1.74. The lowest BCUT2D eigenvalue weighted by Gasteiger charge is -2.39. The number of nitrogens with zero attached hydrogens (tertiary/aromatic N) is 1. The van der Waals surface area contributed by atoms with Crippen molar-refractivity contribution in [1.82, 2.24) is 4.98 Å². The SMILES string of the molecule is Cc1nc(CC2(N)CC3CC2C2CCCC32)sc1C. The van der Waals surface area contributed by atoms with Crippen molar-refractivity contribution in [2.45, 2.75) is 57.9 Å². The van der Waals surface area contributed by atoms with Gasteiger partial charge < -0.3 is 5.73 Å². The minimum atomic E-state index is 0.0624. The smallest absolute Gasteiger partial charge is 0.0949 e. The Hall–Kier alpha value is -0.410. The Labute approximate surface area is 119 Å². The first-order chi connectivity index (χ1) is 9.07. The molecule has 2 nitrogen and oxygen atoms in total. The molecule has 0 saturated heterocycles. The number of thiazole rings is 1. The average molecular weight is 276 g/mol. The Kier molecular flexibility index (Phi) is 2.63. The molecule has 3 aliphatic carbocycles. The number of hydrogen-bond acceptors (Lipinski definition) is 3. The summed E-state index contributed by atoms with van der Waals surface area (Å²) in [6.07, 6.45) is 8.08. The summed E-state index contributed by atoms with van der Waals surface area (Å²) in [6.45, 7) is 4.29. The van der Waals surface area contributed by atoms with E-state index in [1.54, 1.807) is 0 Å². The zero-order chi connectivity index (χ0) is 13.2. The molecule has 3 saturated carbocycles. The van der Waals surface area contributed by atoms with E-state index in [2.05, 4.69) is 13.8 Å². The third-order valence-electron chi connectivity index (χ3n) is 6.24. The van der Waals surface area contributed by atoms with Gasteiger partial charge in [0.05, 0.1) is 10.7 Å². The highest BCUT2D eigenvalue weighted by Gasteiger charge is 2.59. The van der Waals surface area contributed by atoms with E-state index in [1.165, 1.54) is 47.7 Å². The Balaban J connectivity index is 1.58. The maximum Gasteiger partial charge on any atom is 0.0949 e. The van der Waals surface area contributed by atoms with Gasteiger partial charge in [0, 0.05) is 16.8 Å². The second kappa shape index (κ2) is 4.05. The minimum Gasteiger partial charge on any atom is -0.324 e. The van der Waals surface area contributed by atoms with E-state index in [9.17, 15) is 0 Å². The van der Waals surface area contributed by atoms with Gasteiger partial charge >= 0.3 is 0 Å². The molecule has 5 atom stereocenters. The third-order valence-corrected chi connectivity index (χ3v) is 7.31. The van der Waals surface area contributed by atoms with Gasteiger partial charge in [0.25, 0.3) is 0 Å². The highest BCUT2D eigenvalue weighted by atomic mass is 32.1. The van der Waals surface area contributed by atoms with Crippen molar-refractivity contribution in [2.75, 3.05) is 0 Å². The van der Waals surface area contributed by atoms with Crippen LogP contribution in [0, 0.1) is 37.5 Å². The molecular weight excluding hydrogens is 252 g/mol. The number of nitrogens with two attached hydrogens (primary N) is 1. The summed E-state index contributed by atoms with van der Waals surface area (Å²) < 4.78 is 0. The molecule has 104 valence electrons. The van der Waals surface area contributed by atoms with E-state index in [-0.39, 0.29) is 5.54 Å². The molecule has 3 aliphatic rings. The quantitative estimate of drug-likeness (QED) is 0.898. The van der Waals surface area contributed by atoms with Gasteiger partial charge in [-0.2, -0.15) is 0 Å². The molecule has 1 aromatic heterocycles. The fourth-order valence-electron chi connectivity index (χ4n) is 5.41. The number of aryl methyl sites for hydroxylation is 2. The van der Waals surface area contributed by atoms with E-state index in [0.29, 0.717) is 0 Å². The topological polar surface area (TPSA) is 38.9 Å². The summed E-state index contributed by atoms with van der Waals surface area (Å²) >= 11 is 1.86. The first kappa shape index (κ1) is 12.3. The first-order valence-corrected chi connectivity index (χ1v) is 8.60. The molecule has 0 spiro atoms. The van der Waals surface area contributed by atoms with Crippen LogP contribution in [0.4, 0.5) is 0 Å². The van der Waals surface area contributed by atoms with Gasteiger partial charge in [-0.25, -0.2) is 4.98 Å². The Bertz CT molecular complexity index is 489. The lowest BCUT2D eigenvalue weighted by atomic mass is 9.70. The molecule has 4 rings (SSSR count). The van der Waals surface area contributed by atoms with Crippen molar-refractivity contribution in [2.24, 2.45) is 29.4 Å². The van der Waals surface area contributed by atoms with Crippen molar-refractivity contribution in [3.05, 3.63) is 15.6 Å². The fraction of sp³-hybridized carbons (Fsp3) is 0.812. The summed E-state index contributed by atoms with van der Waals surface area (Å²) in [7, 11) is 0. The predicted molar refractivity (Wildman–Crippen MR) is 79.3 cm³/mol. The summed E-state index contributed by atoms with van der Waals surface area (Å²) in [5.41, 5.74) is 8.12. The van der Waals surface area contributed by atoms with Crippen LogP contribution in [0.15, 0.2) is 0 Å². The van der Waals surface area contributed by atoms with Crippen molar-refractivity contribution >= 4 is 11.3 Å². The molecular formula is C16H24N2S. The Morgan fingerprint density at radius 3 is 2.84 bits per heavy atom. The molecule has 0 aliphatic heterocycles. The summed E-state index contributed by atoms with van der Waals surface area (Å²) in [6, 6.07) is 0. The minimum absolute atomic E-state index is 0.0624. The highest BCUT2D eigenvalue weighted by Crippen LogP contribution is 2.62. The normalized spacial score (nSPS) is 43.9. The van der Waals surface area contributed by atoms with Crippen molar-refractivity contribution < 1.29 is 0 Å². The molecule has 3 fully saturated rings. The first-order valence-electron chi connectivity index (χ1n) is 7.78. The molecule has 1 aromatic rings. The van der Waals surface area contributed by atoms with Gasteiger partial charge in [0.2, 0.25) is 0 Å². The van der Waals surface area contributed by atoms with Crippen LogP contribution in [-0.4, -0.2) is 10.5 Å². The van der Waals surface area contributed by atoms with Crippen LogP contribution in [0.3, 0.4) is 0 Å². The molecule has 2 N–H and O–H groups in total. The lowest BCUT2D eigenvalue weighted by Crippen LogP contribution is -2.50. The average Bonchev–Trinajstić information content (AvgIpc) is 3.02. The monoisotopic (exact) mass is 276 g/mol. The maximum atomic E-state index is 6.86. The molecule has 1 heterocycles. The number of aromatic nitrogens is 1. The van der Waals surface area contributed by atoms with Crippen LogP contribution >= 0.6 is 11.3 Å². The number of fused-ring (bicyclic) bond motifs is 5. The number of hydrogen-bond donors (Lipinski definition) is 1. The lowest BCUT2D eigenvalue weighted by molar-refractivity contribution is 0.156. The molecule has 2 bridgehead atoms. The van der Waals surface area contributed by atoms with E-state index in [4.69, 9.17) is 10.7 Å². The van der Waals surface area contributed by atoms with E-state index < -0.39 is 0 Å². The zero-order valence-corrected chi connectivity index (χ0v) is 12.8. The second-order valence-electron chi connectivity index (χ2n) is 7.22. The van der Waals surface area contributed by atoms with Gasteiger partial charge in [-0.15, -0.1) is 11.3 Å². The standard InChI is InChI=1S/C16H24N2S/c1-9-10(2)19-15(18-9)8-16(17)7-11-6-14(16)13-5-3-4-12(11)13/h11-14H,3-8,17H2,1-2H3. The van der Waals surface area contributed by atoms with Crippen molar-refractivity contribution in [1.29, 1.82) is 0 Å². The predicted octanol–water partition coefficient (Wildman–Crippen LogP) is 3.46. The van der Waals surface area contributed by atoms with Crippen LogP contribution in [0.1, 0.15) is 47.7 Å². The second-order valence-corrected chi connectivity index (χ2v) is 8.51. The van der Waals surface area contributed by atoms with Crippen molar-refractivity contribution in [3.63, 3.8) is 0 Å². The van der Waals surface area contributed by atoms with E-state index in [1.807, 2.05) is 11.3 Å². The van der Waals surface area contributed by atoms with E-state index >= 15 is 0 Å². The van der Waals surface area contributed by atoms with Gasteiger partial charge in [-0.05, 0) is 63.2 Å². The summed E-state index contributed by atoms with van der Waals surface area (Å²) in [5, 5.41) is 1.28. The molecule has 19 heavy (non-hydrogen) atoms. The molecule has 0 amide bonds. The zero-order valence-electron chi connectivity index (χ0n) is 12.0. The molecule has 5 unspecified atom stereocenters. The van der Waals surface area contributed by atoms with Gasteiger partial charge in [0.1, 0.15) is 0 Å². The highest BCUT2D eigenvalue weighted by molar-refractivity contribution is 7.11. The van der Waals surface area contributed by atoms with Crippen LogP contribution in [0.5, 0.6) is 0 Å². The van der Waals surface area contributed by atoms with Crippen LogP contribution in [0.2, 0.25) is 0 Å². The number of rotatable bonds is 2. The molecule has 3 heteroatoms. The molecule has 0 aromatic carbocycles. The fourth-order valence-corrected chi connectivity index (χ4v) is 6.48. The Morgan fingerprint density at radius 2 is 2.11 bits per heavy atom. The van der Waals surface area contributed by atoms with Gasteiger partial charge in [-0.1, -0.05) is 6.42 Å². The van der Waals surface area contributed by atoms with E-state index in [0.717, 1.165) is 30.1 Å². The molecule has 0 radical (unpaired) electrons. The van der Waals surface area contributed by atoms with Crippen molar-refractivity contribution in [3.8, 4) is 0 Å². The summed E-state index contributed by atoms with van der Waals surface area (Å²) in [4.78, 5) is 6.09. The Morgan fingerprint density at radius 1 is 1.32 bits per heavy atom. The van der Waals surface area contributed by atoms with Crippen LogP contribution in [-0.2, 0) is 6.42 Å². The maximum absolute atomic E-state index is 6.86. The van der Waals surface area contributed by atoms with Gasteiger partial charge in [-0.3, -0.25) is 0 Å². The van der Waals surface area contributed by atoms with Crippen LogP contribution in [0.25, 0.3) is 0 Å². The van der Waals surface area contributed by atoms with Crippen LogP contribution < -0.4 is 5.73 Å². The summed E-state index contributed by atoms with van der Waals surface area (Å²) in [5.74, 6) is 3.70. The van der Waals surface area contributed by atoms with Gasteiger partial charge in [0.15, 0.2) is 0 Å².